The van der Waals surface area contributed by atoms with Crippen molar-refractivity contribution in [1.29, 1.82) is 0 Å². The molecule has 1 fully saturated rings. The molecule has 0 saturated carbocycles. The number of aliphatic carboxylic acids is 1. The number of rotatable bonds is 8. The monoisotopic (exact) mass is 506 g/mol. The van der Waals surface area contributed by atoms with E-state index in [1.165, 1.54) is 0 Å². The Bertz CT molecular complexity index is 1160. The van der Waals surface area contributed by atoms with Crippen LogP contribution in [0.3, 0.4) is 0 Å². The third-order valence-electron chi connectivity index (χ3n) is 4.84. The first-order valence-electron chi connectivity index (χ1n) is 9.31. The van der Waals surface area contributed by atoms with Gasteiger partial charge in [-0.2, -0.15) is 0 Å². The highest BCUT2D eigenvalue weighted by Gasteiger charge is 2.44. The first kappa shape index (κ1) is 29.3. The summed E-state index contributed by atoms with van der Waals surface area (Å²) in [6.07, 6.45) is -5.17. The molecule has 1 aliphatic heterocycles. The van der Waals surface area contributed by atoms with Gasteiger partial charge in [-0.1, -0.05) is 24.3 Å². The number of aromatic nitrogens is 2. The van der Waals surface area contributed by atoms with Crippen molar-refractivity contribution >= 4 is 13.8 Å². The second-order valence-electron chi connectivity index (χ2n) is 7.09. The highest BCUT2D eigenvalue weighted by molar-refractivity contribution is 7.43. The maximum Gasteiger partial charge on any atom is 0.330 e. The minimum Gasteiger partial charge on any atom is -0.790 e. The van der Waals surface area contributed by atoms with Gasteiger partial charge in [0, 0.05) is 12.6 Å². The lowest BCUT2D eigenvalue weighted by Crippen LogP contribution is -2.38. The summed E-state index contributed by atoms with van der Waals surface area (Å²) >= 11 is 0. The molecule has 0 aliphatic carbocycles. The SMILES string of the molecule is O=C(O)CCc1cccc(-c2cn([C@@H]3O[C@H](COP(=O)([O-])[O-])[C@@H](O)[C@H]3O)c(=O)[nH]c2=O)c1.[NH4+].[NH4+]. The van der Waals surface area contributed by atoms with Crippen LogP contribution in [0.4, 0.5) is 0 Å². The number of aromatic amines is 1. The van der Waals surface area contributed by atoms with Gasteiger partial charge in [0.05, 0.1) is 20.0 Å². The summed E-state index contributed by atoms with van der Waals surface area (Å²) in [5.74, 6) is -0.989. The number of ether oxygens (including phenoxy) is 1. The molecule has 0 radical (unpaired) electrons. The molecule has 1 aromatic heterocycles. The van der Waals surface area contributed by atoms with Gasteiger partial charge in [0.1, 0.15) is 18.3 Å². The van der Waals surface area contributed by atoms with Gasteiger partial charge in [-0.15, -0.1) is 0 Å². The van der Waals surface area contributed by atoms with Crippen LogP contribution in [-0.2, 0) is 25.0 Å². The quantitative estimate of drug-likeness (QED) is 0.222. The van der Waals surface area contributed by atoms with Gasteiger partial charge in [0.2, 0.25) is 0 Å². The molecule has 1 aliphatic rings. The number of quaternary nitrogens is 2. The number of hydrogen-bond donors (Lipinski definition) is 6. The van der Waals surface area contributed by atoms with E-state index < -0.39 is 56.2 Å². The van der Waals surface area contributed by atoms with Crippen molar-refractivity contribution in [2.45, 2.75) is 37.4 Å². The van der Waals surface area contributed by atoms with Gasteiger partial charge in [0.25, 0.3) is 5.56 Å². The summed E-state index contributed by atoms with van der Waals surface area (Å²) in [5.41, 5.74) is -0.749. The molecular formula is C18H27N4O11P. The molecule has 2 heterocycles. The smallest absolute Gasteiger partial charge is 0.330 e. The van der Waals surface area contributed by atoms with Crippen LogP contribution in [0, 0.1) is 0 Å². The van der Waals surface area contributed by atoms with Crippen LogP contribution in [-0.4, -0.2) is 55.8 Å². The number of hydrogen-bond acceptors (Lipinski definition) is 10. The fourth-order valence-electron chi connectivity index (χ4n) is 3.29. The number of carboxylic acids is 1. The summed E-state index contributed by atoms with van der Waals surface area (Å²) in [4.78, 5) is 58.9. The van der Waals surface area contributed by atoms with Gasteiger partial charge in [0.15, 0.2) is 6.23 Å². The topological polar surface area (TPSA) is 287 Å². The number of benzene rings is 1. The van der Waals surface area contributed by atoms with E-state index in [0.29, 0.717) is 11.1 Å². The van der Waals surface area contributed by atoms with Crippen molar-refractivity contribution in [2.75, 3.05) is 6.61 Å². The Kier molecular flexibility index (Phi) is 10.0. The molecule has 0 spiro atoms. The number of phosphoric ester groups is 1. The lowest BCUT2D eigenvalue weighted by atomic mass is 10.0. The predicted octanol–water partition coefficient (Wildman–Crippen LogP) is -1.56. The van der Waals surface area contributed by atoms with E-state index in [1.54, 1.807) is 24.3 Å². The molecule has 3 rings (SSSR count). The zero-order valence-electron chi connectivity index (χ0n) is 18.3. The molecule has 15 nitrogen and oxygen atoms in total. The highest BCUT2D eigenvalue weighted by Crippen LogP contribution is 2.32. The van der Waals surface area contributed by atoms with Crippen molar-refractivity contribution in [1.82, 2.24) is 21.9 Å². The van der Waals surface area contributed by atoms with Crippen LogP contribution >= 0.6 is 7.82 Å². The second-order valence-corrected chi connectivity index (χ2v) is 8.25. The minimum absolute atomic E-state index is 0. The first-order valence-corrected chi connectivity index (χ1v) is 10.8. The average Bonchev–Trinajstić information content (AvgIpc) is 2.99. The Morgan fingerprint density at radius 1 is 1.21 bits per heavy atom. The number of carboxylic acid groups (broad SMARTS) is 1. The summed E-state index contributed by atoms with van der Waals surface area (Å²) in [7, 11) is -5.36. The van der Waals surface area contributed by atoms with Gasteiger partial charge >= 0.3 is 11.7 Å². The molecule has 12 N–H and O–H groups in total. The van der Waals surface area contributed by atoms with Crippen LogP contribution in [0.25, 0.3) is 11.1 Å². The van der Waals surface area contributed by atoms with Crippen molar-refractivity contribution < 1.29 is 43.7 Å². The Labute approximate surface area is 192 Å². The predicted molar refractivity (Wildman–Crippen MR) is 114 cm³/mol. The van der Waals surface area contributed by atoms with Crippen LogP contribution in [0.5, 0.6) is 0 Å². The van der Waals surface area contributed by atoms with Gasteiger partial charge in [-0.3, -0.25) is 19.1 Å². The number of carbonyl (C=O) groups is 1. The largest absolute Gasteiger partial charge is 0.790 e. The van der Waals surface area contributed by atoms with Crippen molar-refractivity contribution in [3.05, 3.63) is 56.9 Å². The van der Waals surface area contributed by atoms with E-state index in [2.05, 4.69) is 9.51 Å². The van der Waals surface area contributed by atoms with Gasteiger partial charge < -0.3 is 51.2 Å². The molecule has 2 aromatic rings. The zero-order chi connectivity index (χ0) is 23.6. The lowest BCUT2D eigenvalue weighted by Gasteiger charge is -2.30. The Hall–Kier alpha value is -2.72. The molecule has 190 valence electrons. The molecule has 0 amide bonds. The first-order chi connectivity index (χ1) is 15.0. The van der Waals surface area contributed by atoms with E-state index >= 15 is 0 Å². The molecule has 34 heavy (non-hydrogen) atoms. The van der Waals surface area contributed by atoms with E-state index in [0.717, 1.165) is 10.8 Å². The maximum absolute atomic E-state index is 12.4. The van der Waals surface area contributed by atoms with Crippen molar-refractivity contribution in [3.63, 3.8) is 0 Å². The molecular weight excluding hydrogens is 479 g/mol. The van der Waals surface area contributed by atoms with Crippen LogP contribution in [0.2, 0.25) is 0 Å². The summed E-state index contributed by atoms with van der Waals surface area (Å²) in [6.45, 7) is -0.879. The van der Waals surface area contributed by atoms with Crippen LogP contribution in [0.1, 0.15) is 18.2 Å². The number of H-pyrrole nitrogens is 1. The Balaban J connectivity index is 0.00000289. The third kappa shape index (κ3) is 6.89. The summed E-state index contributed by atoms with van der Waals surface area (Å²) < 4.78 is 20.9. The number of nitrogens with zero attached hydrogens (tertiary/aromatic N) is 1. The molecule has 4 atom stereocenters. The fraction of sp³-hybridized carbons (Fsp3) is 0.389. The number of nitrogens with one attached hydrogen (secondary N) is 1. The lowest BCUT2D eigenvalue weighted by molar-refractivity contribution is -0.343. The highest BCUT2D eigenvalue weighted by atomic mass is 31.2. The number of aryl methyl sites for hydroxylation is 1. The fourth-order valence-corrected chi connectivity index (χ4v) is 3.62. The minimum atomic E-state index is -5.36. The standard InChI is InChI=1S/C18H21N2O11P.2H3N/c21-13(22)5-4-9-2-1-3-10(6-9)11-7-20(18(26)19-16(11)25)17-15(24)14(23)12(31-17)8-30-32(27,28)29;;/h1-3,6-7,12,14-15,17,23-24H,4-5,8H2,(H,21,22)(H,19,25,26)(H2,27,28,29);2*1H3/t12-,14-,15-,17-;;/m1../s1. The van der Waals surface area contributed by atoms with Gasteiger partial charge in [-0.05, 0) is 17.5 Å². The van der Waals surface area contributed by atoms with Crippen LogP contribution < -0.4 is 33.3 Å². The van der Waals surface area contributed by atoms with E-state index in [-0.39, 0.29) is 30.7 Å². The molecule has 16 heteroatoms. The average molecular weight is 506 g/mol. The summed E-state index contributed by atoms with van der Waals surface area (Å²) in [6, 6.07) is 6.40. The van der Waals surface area contributed by atoms with E-state index in [1.807, 2.05) is 0 Å². The van der Waals surface area contributed by atoms with E-state index in [9.17, 15) is 38.9 Å². The Morgan fingerprint density at radius 3 is 2.50 bits per heavy atom. The summed E-state index contributed by atoms with van der Waals surface area (Å²) in [5, 5.41) is 29.2. The number of aliphatic hydroxyl groups is 2. The maximum atomic E-state index is 12.4. The molecule has 1 saturated heterocycles. The second kappa shape index (κ2) is 11.6. The van der Waals surface area contributed by atoms with Crippen molar-refractivity contribution in [3.8, 4) is 11.1 Å². The van der Waals surface area contributed by atoms with Gasteiger partial charge in [-0.25, -0.2) is 4.79 Å². The molecule has 0 unspecified atom stereocenters. The Morgan fingerprint density at radius 2 is 1.88 bits per heavy atom. The van der Waals surface area contributed by atoms with Crippen LogP contribution in [0.15, 0.2) is 40.1 Å². The van der Waals surface area contributed by atoms with E-state index in [4.69, 9.17) is 9.84 Å². The third-order valence-corrected chi connectivity index (χ3v) is 5.31. The van der Waals surface area contributed by atoms with Crippen molar-refractivity contribution in [2.24, 2.45) is 0 Å². The number of aliphatic hydroxyl groups excluding tert-OH is 2. The molecule has 0 bridgehead atoms. The zero-order valence-corrected chi connectivity index (χ0v) is 19.2. The number of phosphoric acid groups is 1. The normalized spacial score (nSPS) is 22.0. The molecule has 1 aromatic carbocycles.